The number of phenolic OH excluding ortho intramolecular Hbond substituents is 1. The van der Waals surface area contributed by atoms with E-state index >= 15 is 8.78 Å². The predicted octanol–water partition coefficient (Wildman–Crippen LogP) is 6.47. The van der Waals surface area contributed by atoms with Crippen molar-refractivity contribution in [3.05, 3.63) is 60.3 Å². The minimum Gasteiger partial charge on any atom is -0.508 e. The number of anilines is 1. The summed E-state index contributed by atoms with van der Waals surface area (Å²) in [7, 11) is 0. The number of pyridine rings is 1. The fraction of sp³-hybridized carbons (Fsp3) is 0.463. The number of ether oxygens (including phenoxy) is 2. The quantitative estimate of drug-likeness (QED) is 0.147. The number of phenols is 1. The molecule has 4 aromatic rings. The van der Waals surface area contributed by atoms with Gasteiger partial charge >= 0.3 is 6.01 Å². The summed E-state index contributed by atoms with van der Waals surface area (Å²) in [6.45, 7) is 10.2. The fourth-order valence-electron chi connectivity index (χ4n) is 8.52. The van der Waals surface area contributed by atoms with E-state index in [0.29, 0.717) is 42.9 Å². The number of alkyl halides is 1. The van der Waals surface area contributed by atoms with Crippen molar-refractivity contribution in [3.8, 4) is 35.4 Å². The summed E-state index contributed by atoms with van der Waals surface area (Å²) < 4.78 is 59.6. The van der Waals surface area contributed by atoms with Gasteiger partial charge in [0.05, 0.1) is 16.5 Å². The van der Waals surface area contributed by atoms with Gasteiger partial charge in [0.2, 0.25) is 5.91 Å². The van der Waals surface area contributed by atoms with Gasteiger partial charge in [-0.25, -0.2) is 13.2 Å². The molecule has 10 nitrogen and oxygen atoms in total. The number of carbonyl (C=O) groups excluding carboxylic acids is 1. The third kappa shape index (κ3) is 7.05. The highest BCUT2D eigenvalue weighted by Gasteiger charge is 2.51. The molecule has 284 valence electrons. The summed E-state index contributed by atoms with van der Waals surface area (Å²) >= 11 is 0. The van der Waals surface area contributed by atoms with Gasteiger partial charge in [0.25, 0.3) is 0 Å². The number of hydrogen-bond donors (Lipinski definition) is 2. The van der Waals surface area contributed by atoms with Crippen LogP contribution in [0.2, 0.25) is 0 Å². The van der Waals surface area contributed by atoms with Crippen LogP contribution in [-0.2, 0) is 9.53 Å². The monoisotopic (exact) mass is 742 g/mol. The number of nitrogens with one attached hydrogen (secondary N) is 1. The zero-order chi connectivity index (χ0) is 38.1. The maximum atomic E-state index is 17.2. The molecule has 3 aliphatic heterocycles. The largest absolute Gasteiger partial charge is 0.508 e. The number of likely N-dealkylation sites (tertiary alicyclic amines) is 1. The van der Waals surface area contributed by atoms with Gasteiger partial charge in [-0.2, -0.15) is 9.97 Å². The molecule has 7 rings (SSSR count). The van der Waals surface area contributed by atoms with E-state index in [4.69, 9.17) is 20.9 Å². The summed E-state index contributed by atoms with van der Waals surface area (Å²) in [4.78, 5) is 30.5. The molecular formula is C41H45F3N6O4. The minimum atomic E-state index is -1.05. The standard InChI is InChI=1S/C41H45F3N6O4/c1-5-30-33(43)11-10-25-17-29(51)18-31(35(25)30)37-36(44)38-32(20-45-37)39(49-14-8-7-9-27(22-49)46-34(52)6-2)48-40(47-38)54-23-41(24(3)4)19-26(42)21-50(41)28-12-15-53-16-13-28/h1,6,10-11,17-18,20,24,26-28,51H,2,7-9,12-16,19,21-23H2,3-4H3,(H,46,52)/t26-,27?,41+/m1/s1. The molecule has 0 radical (unpaired) electrons. The molecule has 3 atom stereocenters. The number of terminal acetylenes is 1. The lowest BCUT2D eigenvalue weighted by atomic mass is 9.83. The first-order valence-corrected chi connectivity index (χ1v) is 18.6. The molecule has 0 bridgehead atoms. The summed E-state index contributed by atoms with van der Waals surface area (Å²) in [5.41, 5.74) is -0.994. The number of aromatic nitrogens is 3. The molecule has 0 saturated carbocycles. The number of benzene rings is 2. The van der Waals surface area contributed by atoms with Gasteiger partial charge in [0.15, 0.2) is 5.82 Å². The number of fused-ring (bicyclic) bond motifs is 2. The highest BCUT2D eigenvalue weighted by atomic mass is 19.1. The maximum Gasteiger partial charge on any atom is 0.319 e. The maximum absolute atomic E-state index is 17.2. The van der Waals surface area contributed by atoms with Gasteiger partial charge in [-0.15, -0.1) is 6.42 Å². The Hall–Kier alpha value is -4.93. The fourth-order valence-corrected chi connectivity index (χ4v) is 8.52. The Labute approximate surface area is 312 Å². The van der Waals surface area contributed by atoms with Crippen LogP contribution >= 0.6 is 0 Å². The first-order chi connectivity index (χ1) is 26.0. The SMILES string of the molecule is C#Cc1c(F)ccc2cc(O)cc(-c3ncc4c(N5CCCCC(NC(=O)C=C)C5)nc(OC[C@]5(C(C)C)C[C@@H](F)CN5C5CCOCC5)nc4c3F)c12. The molecule has 3 aliphatic rings. The normalized spacial score (nSPS) is 22.7. The topological polar surface area (TPSA) is 113 Å². The average Bonchev–Trinajstić information content (AvgIpc) is 3.35. The van der Waals surface area contributed by atoms with Crippen molar-refractivity contribution in [3.63, 3.8) is 0 Å². The van der Waals surface area contributed by atoms with Gasteiger partial charge in [-0.1, -0.05) is 32.4 Å². The first kappa shape index (κ1) is 37.4. The van der Waals surface area contributed by atoms with Crippen molar-refractivity contribution in [2.75, 3.05) is 44.4 Å². The smallest absolute Gasteiger partial charge is 0.319 e. The molecule has 54 heavy (non-hydrogen) atoms. The minimum absolute atomic E-state index is 0.00168. The molecule has 2 aromatic heterocycles. The molecule has 1 amide bonds. The van der Waals surface area contributed by atoms with Crippen molar-refractivity contribution >= 4 is 33.4 Å². The molecule has 13 heteroatoms. The van der Waals surface area contributed by atoms with Crippen LogP contribution in [0.5, 0.6) is 11.8 Å². The van der Waals surface area contributed by atoms with E-state index in [1.54, 1.807) is 0 Å². The summed E-state index contributed by atoms with van der Waals surface area (Å²) in [6, 6.07) is 5.16. The van der Waals surface area contributed by atoms with E-state index in [1.165, 1.54) is 36.5 Å². The van der Waals surface area contributed by atoms with Crippen LogP contribution in [0.25, 0.3) is 32.9 Å². The Kier molecular flexibility index (Phi) is 10.7. The van der Waals surface area contributed by atoms with Gasteiger partial charge < -0.3 is 24.8 Å². The number of carbonyl (C=O) groups is 1. The highest BCUT2D eigenvalue weighted by Crippen LogP contribution is 2.42. The van der Waals surface area contributed by atoms with Crippen molar-refractivity contribution < 1.29 is 32.5 Å². The van der Waals surface area contributed by atoms with Crippen LogP contribution in [0.15, 0.2) is 43.1 Å². The molecule has 3 fully saturated rings. The van der Waals surface area contributed by atoms with Gasteiger partial charge in [0, 0.05) is 68.5 Å². The molecule has 2 N–H and O–H groups in total. The van der Waals surface area contributed by atoms with Crippen molar-refractivity contribution in [2.45, 2.75) is 76.2 Å². The Morgan fingerprint density at radius 3 is 2.74 bits per heavy atom. The Morgan fingerprint density at radius 1 is 1.20 bits per heavy atom. The van der Waals surface area contributed by atoms with Gasteiger partial charge in [-0.3, -0.25) is 14.7 Å². The highest BCUT2D eigenvalue weighted by molar-refractivity contribution is 6.03. The van der Waals surface area contributed by atoms with Crippen LogP contribution in [0, 0.1) is 29.9 Å². The summed E-state index contributed by atoms with van der Waals surface area (Å²) in [6.07, 6.45) is 11.5. The predicted molar refractivity (Wildman–Crippen MR) is 201 cm³/mol. The average molecular weight is 743 g/mol. The Morgan fingerprint density at radius 2 is 2.00 bits per heavy atom. The van der Waals surface area contributed by atoms with E-state index in [9.17, 15) is 14.3 Å². The lowest BCUT2D eigenvalue weighted by molar-refractivity contribution is -0.117. The third-order valence-electron chi connectivity index (χ3n) is 11.3. The lowest BCUT2D eigenvalue weighted by Crippen LogP contribution is -2.57. The van der Waals surface area contributed by atoms with E-state index in [-0.39, 0.29) is 83.0 Å². The third-order valence-corrected chi connectivity index (χ3v) is 11.3. The number of nitrogens with zero attached hydrogens (tertiary/aromatic N) is 5. The molecule has 5 heterocycles. The number of amides is 1. The summed E-state index contributed by atoms with van der Waals surface area (Å²) in [5.74, 6) is 0.719. The zero-order valence-corrected chi connectivity index (χ0v) is 30.6. The van der Waals surface area contributed by atoms with Gasteiger partial charge in [0.1, 0.15) is 41.4 Å². The van der Waals surface area contributed by atoms with E-state index < -0.39 is 23.3 Å². The van der Waals surface area contributed by atoms with Crippen molar-refractivity contribution in [1.29, 1.82) is 0 Å². The number of rotatable bonds is 9. The van der Waals surface area contributed by atoms with Crippen LogP contribution in [0.1, 0.15) is 57.9 Å². The molecule has 0 aliphatic carbocycles. The summed E-state index contributed by atoms with van der Waals surface area (Å²) in [5, 5.41) is 14.6. The molecule has 1 unspecified atom stereocenters. The second-order valence-electron chi connectivity index (χ2n) is 14.9. The molecule has 0 spiro atoms. The van der Waals surface area contributed by atoms with E-state index in [1.807, 2.05) is 4.90 Å². The Balaban J connectivity index is 1.36. The van der Waals surface area contributed by atoms with Crippen molar-refractivity contribution in [1.82, 2.24) is 25.2 Å². The van der Waals surface area contributed by atoms with E-state index in [0.717, 1.165) is 32.1 Å². The second-order valence-corrected chi connectivity index (χ2v) is 14.9. The zero-order valence-electron chi connectivity index (χ0n) is 30.6. The Bertz CT molecular complexity index is 2120. The van der Waals surface area contributed by atoms with Crippen LogP contribution in [-0.4, -0.2) is 94.1 Å². The molecular weight excluding hydrogens is 697 g/mol. The van der Waals surface area contributed by atoms with Crippen LogP contribution < -0.4 is 15.0 Å². The van der Waals surface area contributed by atoms with Crippen LogP contribution in [0.4, 0.5) is 19.0 Å². The first-order valence-electron chi connectivity index (χ1n) is 18.6. The number of halogens is 3. The number of hydrogen-bond acceptors (Lipinski definition) is 9. The second kappa shape index (κ2) is 15.4. The molecule has 3 saturated heterocycles. The number of aromatic hydroxyl groups is 1. The van der Waals surface area contributed by atoms with Crippen molar-refractivity contribution in [2.24, 2.45) is 5.92 Å². The van der Waals surface area contributed by atoms with E-state index in [2.05, 4.69) is 46.5 Å². The molecule has 2 aromatic carbocycles. The van der Waals surface area contributed by atoms with Crippen LogP contribution in [0.3, 0.4) is 0 Å². The van der Waals surface area contributed by atoms with Gasteiger partial charge in [-0.05, 0) is 67.7 Å². The lowest BCUT2D eigenvalue weighted by Gasteiger charge is -2.46.